The summed E-state index contributed by atoms with van der Waals surface area (Å²) in [7, 11) is -1.44. The maximum atomic E-state index is 11.5. The van der Waals surface area contributed by atoms with Gasteiger partial charge in [0.2, 0.25) is 5.91 Å². The largest absolute Gasteiger partial charge is 0.490 e. The molecule has 21 heavy (non-hydrogen) atoms. The third kappa shape index (κ3) is 8.11. The molecule has 9 heteroatoms. The van der Waals surface area contributed by atoms with E-state index in [4.69, 9.17) is 16.3 Å². The molecule has 0 radical (unpaired) electrons. The average molecular weight is 357 g/mol. The van der Waals surface area contributed by atoms with Crippen molar-refractivity contribution in [2.24, 2.45) is 0 Å². The molecule has 6 nitrogen and oxygen atoms in total. The Hall–Kier alpha value is -1.02. The highest BCUT2D eigenvalue weighted by molar-refractivity contribution is 7.90. The molecule has 0 spiro atoms. The minimum absolute atomic E-state index is 0. The van der Waals surface area contributed by atoms with Crippen molar-refractivity contribution in [3.63, 3.8) is 0 Å². The number of hydrogen-bond donors (Lipinski definition) is 2. The summed E-state index contributed by atoms with van der Waals surface area (Å²) >= 11 is 5.87. The van der Waals surface area contributed by atoms with E-state index in [9.17, 15) is 13.2 Å². The molecular formula is C12H18Cl2N2O4S. The summed E-state index contributed by atoms with van der Waals surface area (Å²) < 4.78 is 27.5. The van der Waals surface area contributed by atoms with E-state index in [1.807, 2.05) is 0 Å². The number of carbonyl (C=O) groups is 1. The predicted octanol–water partition coefficient (Wildman–Crippen LogP) is 1.34. The number of sulfone groups is 1. The second kappa shape index (κ2) is 9.09. The van der Waals surface area contributed by atoms with E-state index in [1.165, 1.54) is 0 Å². The fraction of sp³-hybridized carbons (Fsp3) is 0.417. The Bertz CT molecular complexity index is 579. The molecule has 0 atom stereocenters. The Kier molecular flexibility index (Phi) is 8.65. The summed E-state index contributed by atoms with van der Waals surface area (Å²) in [5, 5.41) is 5.80. The van der Waals surface area contributed by atoms with Crippen LogP contribution in [0.2, 0.25) is 5.02 Å². The van der Waals surface area contributed by atoms with Crippen LogP contribution in [0.5, 0.6) is 5.75 Å². The highest BCUT2D eigenvalue weighted by Gasteiger charge is 2.10. The second-order valence-electron chi connectivity index (χ2n) is 4.20. The topological polar surface area (TPSA) is 84.5 Å². The molecule has 0 aromatic heterocycles. The third-order valence-corrected chi connectivity index (χ3v) is 3.41. The van der Waals surface area contributed by atoms with Crippen molar-refractivity contribution in [3.05, 3.63) is 23.2 Å². The standard InChI is InChI=1S/C12H17ClN2O4S.ClH/c1-14-8-12(16)15-10-7-9(13)3-4-11(10)19-5-6-20(2,17)18;/h3-4,7,14H,5-6,8H2,1-2H3,(H,15,16);1H. The first kappa shape index (κ1) is 20.0. The highest BCUT2D eigenvalue weighted by atomic mass is 35.5. The average Bonchev–Trinajstić information content (AvgIpc) is 2.30. The summed E-state index contributed by atoms with van der Waals surface area (Å²) in [5.74, 6) is 0.0322. The van der Waals surface area contributed by atoms with Crippen LogP contribution in [-0.2, 0) is 14.6 Å². The van der Waals surface area contributed by atoms with E-state index in [2.05, 4.69) is 10.6 Å². The zero-order valence-electron chi connectivity index (χ0n) is 11.7. The number of carbonyl (C=O) groups excluding carboxylic acids is 1. The van der Waals surface area contributed by atoms with E-state index in [1.54, 1.807) is 25.2 Å². The second-order valence-corrected chi connectivity index (χ2v) is 6.89. The van der Waals surface area contributed by atoms with E-state index < -0.39 is 9.84 Å². The first-order valence-electron chi connectivity index (χ1n) is 5.86. The van der Waals surface area contributed by atoms with Gasteiger partial charge in [-0.25, -0.2) is 8.42 Å². The van der Waals surface area contributed by atoms with Gasteiger partial charge in [-0.15, -0.1) is 12.4 Å². The Morgan fingerprint density at radius 1 is 1.38 bits per heavy atom. The summed E-state index contributed by atoms with van der Waals surface area (Å²) in [6, 6.07) is 4.73. The van der Waals surface area contributed by atoms with E-state index in [0.29, 0.717) is 16.5 Å². The van der Waals surface area contributed by atoms with Crippen molar-refractivity contribution in [2.45, 2.75) is 0 Å². The first-order valence-corrected chi connectivity index (χ1v) is 8.30. The van der Waals surface area contributed by atoms with Crippen LogP contribution in [0.25, 0.3) is 0 Å². The van der Waals surface area contributed by atoms with Gasteiger partial charge >= 0.3 is 0 Å². The first-order chi connectivity index (χ1) is 9.31. The molecule has 1 amide bonds. The Labute approximate surface area is 135 Å². The lowest BCUT2D eigenvalue weighted by molar-refractivity contribution is -0.115. The molecule has 1 aromatic carbocycles. The van der Waals surface area contributed by atoms with Gasteiger partial charge < -0.3 is 15.4 Å². The van der Waals surface area contributed by atoms with Crippen LogP contribution in [0.4, 0.5) is 5.69 Å². The number of amides is 1. The van der Waals surface area contributed by atoms with Crippen LogP contribution in [0.3, 0.4) is 0 Å². The van der Waals surface area contributed by atoms with E-state index in [0.717, 1.165) is 6.26 Å². The molecule has 0 aliphatic rings. The fourth-order valence-corrected chi connectivity index (χ4v) is 1.94. The number of rotatable bonds is 7. The molecule has 0 bridgehead atoms. The third-order valence-electron chi connectivity index (χ3n) is 2.26. The SMILES string of the molecule is CNCC(=O)Nc1cc(Cl)ccc1OCCS(C)(=O)=O.Cl. The molecule has 0 aliphatic carbocycles. The van der Waals surface area contributed by atoms with Gasteiger partial charge in [0.15, 0.2) is 9.84 Å². The molecule has 0 fully saturated rings. The Morgan fingerprint density at radius 2 is 2.05 bits per heavy atom. The Balaban J connectivity index is 0.00000400. The number of halogens is 2. The predicted molar refractivity (Wildman–Crippen MR) is 86.5 cm³/mol. The van der Waals surface area contributed by atoms with Gasteiger partial charge in [0.1, 0.15) is 12.4 Å². The van der Waals surface area contributed by atoms with Gasteiger partial charge in [-0.2, -0.15) is 0 Å². The minimum Gasteiger partial charge on any atom is -0.490 e. The highest BCUT2D eigenvalue weighted by Crippen LogP contribution is 2.28. The molecule has 0 saturated heterocycles. The van der Waals surface area contributed by atoms with Crippen LogP contribution >= 0.6 is 24.0 Å². The number of hydrogen-bond acceptors (Lipinski definition) is 5. The molecule has 0 aliphatic heterocycles. The van der Waals surface area contributed by atoms with Crippen molar-refractivity contribution in [1.82, 2.24) is 5.32 Å². The van der Waals surface area contributed by atoms with Crippen molar-refractivity contribution in [3.8, 4) is 5.75 Å². The van der Waals surface area contributed by atoms with Gasteiger partial charge in [0.05, 0.1) is 18.0 Å². The van der Waals surface area contributed by atoms with E-state index in [-0.39, 0.29) is 37.2 Å². The maximum Gasteiger partial charge on any atom is 0.238 e. The normalized spacial score (nSPS) is 10.6. The fourth-order valence-electron chi connectivity index (χ4n) is 1.38. The molecule has 2 N–H and O–H groups in total. The van der Waals surface area contributed by atoms with Gasteiger partial charge in [0.25, 0.3) is 0 Å². The number of ether oxygens (including phenoxy) is 1. The lowest BCUT2D eigenvalue weighted by Gasteiger charge is -2.12. The molecule has 0 heterocycles. The zero-order chi connectivity index (χ0) is 15.2. The van der Waals surface area contributed by atoms with Crippen molar-refractivity contribution >= 4 is 45.4 Å². The van der Waals surface area contributed by atoms with Crippen LogP contribution in [0.1, 0.15) is 0 Å². The molecule has 0 unspecified atom stereocenters. The molecule has 120 valence electrons. The minimum atomic E-state index is -3.10. The molecule has 1 rings (SSSR count). The summed E-state index contributed by atoms with van der Waals surface area (Å²) in [6.45, 7) is 0.157. The van der Waals surface area contributed by atoms with Crippen molar-refractivity contribution < 1.29 is 17.9 Å². The van der Waals surface area contributed by atoms with E-state index >= 15 is 0 Å². The van der Waals surface area contributed by atoms with Gasteiger partial charge in [-0.3, -0.25) is 4.79 Å². The molecule has 0 saturated carbocycles. The van der Waals surface area contributed by atoms with Gasteiger partial charge in [0, 0.05) is 11.3 Å². The van der Waals surface area contributed by atoms with Crippen LogP contribution < -0.4 is 15.4 Å². The van der Waals surface area contributed by atoms with Gasteiger partial charge in [-0.05, 0) is 25.2 Å². The smallest absolute Gasteiger partial charge is 0.238 e. The summed E-state index contributed by atoms with van der Waals surface area (Å²) in [4.78, 5) is 11.5. The number of likely N-dealkylation sites (N-methyl/N-ethyl adjacent to an activating group) is 1. The number of anilines is 1. The lowest BCUT2D eigenvalue weighted by atomic mass is 10.3. The zero-order valence-corrected chi connectivity index (χ0v) is 14.1. The van der Waals surface area contributed by atoms with Crippen LogP contribution in [-0.4, -0.2) is 46.5 Å². The summed E-state index contributed by atoms with van der Waals surface area (Å²) in [5.41, 5.74) is 0.409. The molecular weight excluding hydrogens is 339 g/mol. The number of benzene rings is 1. The Morgan fingerprint density at radius 3 is 2.62 bits per heavy atom. The van der Waals surface area contributed by atoms with Crippen molar-refractivity contribution in [1.29, 1.82) is 0 Å². The van der Waals surface area contributed by atoms with Crippen molar-refractivity contribution in [2.75, 3.05) is 37.5 Å². The molecule has 1 aromatic rings. The maximum absolute atomic E-state index is 11.5. The lowest BCUT2D eigenvalue weighted by Crippen LogP contribution is -2.25. The summed E-state index contributed by atoms with van der Waals surface area (Å²) in [6.07, 6.45) is 1.13. The van der Waals surface area contributed by atoms with Gasteiger partial charge in [-0.1, -0.05) is 11.6 Å². The quantitative estimate of drug-likeness (QED) is 0.770. The monoisotopic (exact) mass is 356 g/mol. The number of nitrogens with one attached hydrogen (secondary N) is 2. The van der Waals surface area contributed by atoms with Crippen LogP contribution in [0.15, 0.2) is 18.2 Å². The van der Waals surface area contributed by atoms with Crippen LogP contribution in [0, 0.1) is 0 Å².